The van der Waals surface area contributed by atoms with Crippen LogP contribution in [0.3, 0.4) is 0 Å². The lowest BCUT2D eigenvalue weighted by Crippen LogP contribution is -2.10. The predicted molar refractivity (Wildman–Crippen MR) is 68.8 cm³/mol. The SMILES string of the molecule is COC(=O)CC(C)SCCOCCC(C)C. The third-order valence-corrected chi connectivity index (χ3v) is 3.29. The van der Waals surface area contributed by atoms with Gasteiger partial charge in [0.15, 0.2) is 0 Å². The largest absolute Gasteiger partial charge is 0.469 e. The number of ether oxygens (including phenoxy) is 2. The molecule has 1 unspecified atom stereocenters. The maximum Gasteiger partial charge on any atom is 0.306 e. The number of thioether (sulfide) groups is 1. The van der Waals surface area contributed by atoms with Crippen molar-refractivity contribution < 1.29 is 14.3 Å². The first-order valence-corrected chi connectivity index (χ1v) is 6.87. The standard InChI is InChI=1S/C12H24O3S/c1-10(2)5-6-15-7-8-16-11(3)9-12(13)14-4/h10-11H,5-9H2,1-4H3. The van der Waals surface area contributed by atoms with E-state index in [9.17, 15) is 4.79 Å². The molecule has 4 heteroatoms. The Morgan fingerprint density at radius 1 is 1.25 bits per heavy atom. The molecule has 0 radical (unpaired) electrons. The van der Waals surface area contributed by atoms with Gasteiger partial charge in [-0.15, -0.1) is 0 Å². The molecule has 0 aliphatic carbocycles. The van der Waals surface area contributed by atoms with Crippen molar-refractivity contribution >= 4 is 17.7 Å². The summed E-state index contributed by atoms with van der Waals surface area (Å²) in [6.45, 7) is 8.02. The van der Waals surface area contributed by atoms with Crippen LogP contribution in [0.1, 0.15) is 33.6 Å². The first kappa shape index (κ1) is 15.8. The van der Waals surface area contributed by atoms with Gasteiger partial charge in [-0.25, -0.2) is 0 Å². The van der Waals surface area contributed by atoms with E-state index in [-0.39, 0.29) is 5.97 Å². The van der Waals surface area contributed by atoms with Gasteiger partial charge in [-0.3, -0.25) is 4.79 Å². The summed E-state index contributed by atoms with van der Waals surface area (Å²) in [4.78, 5) is 11.0. The number of hydrogen-bond donors (Lipinski definition) is 0. The fourth-order valence-electron chi connectivity index (χ4n) is 1.11. The number of rotatable bonds is 9. The summed E-state index contributed by atoms with van der Waals surface area (Å²) in [6, 6.07) is 0. The Kier molecular flexibility index (Phi) is 9.83. The van der Waals surface area contributed by atoms with Crippen LogP contribution in [0.5, 0.6) is 0 Å². The van der Waals surface area contributed by atoms with Crippen molar-refractivity contribution in [1.29, 1.82) is 0 Å². The molecular formula is C12H24O3S. The zero-order chi connectivity index (χ0) is 12.4. The van der Waals surface area contributed by atoms with Gasteiger partial charge in [-0.1, -0.05) is 20.8 Å². The molecule has 0 heterocycles. The summed E-state index contributed by atoms with van der Waals surface area (Å²) in [6.07, 6.45) is 1.59. The topological polar surface area (TPSA) is 35.5 Å². The highest BCUT2D eigenvalue weighted by atomic mass is 32.2. The van der Waals surface area contributed by atoms with Gasteiger partial charge < -0.3 is 9.47 Å². The average molecular weight is 248 g/mol. The highest BCUT2D eigenvalue weighted by Gasteiger charge is 2.08. The van der Waals surface area contributed by atoms with Gasteiger partial charge >= 0.3 is 5.97 Å². The van der Waals surface area contributed by atoms with Crippen LogP contribution in [0.15, 0.2) is 0 Å². The lowest BCUT2D eigenvalue weighted by Gasteiger charge is -2.10. The molecule has 0 bridgehead atoms. The molecule has 0 rings (SSSR count). The van der Waals surface area contributed by atoms with Crippen LogP contribution in [0.2, 0.25) is 0 Å². The zero-order valence-electron chi connectivity index (χ0n) is 10.8. The quantitative estimate of drug-likeness (QED) is 0.464. The third kappa shape index (κ3) is 10.3. The van der Waals surface area contributed by atoms with E-state index in [4.69, 9.17) is 4.74 Å². The Hall–Kier alpha value is -0.220. The van der Waals surface area contributed by atoms with E-state index in [0.717, 1.165) is 25.4 Å². The Morgan fingerprint density at radius 3 is 2.50 bits per heavy atom. The smallest absolute Gasteiger partial charge is 0.306 e. The van der Waals surface area contributed by atoms with Crippen LogP contribution in [0.4, 0.5) is 0 Å². The Morgan fingerprint density at radius 2 is 1.94 bits per heavy atom. The number of hydrogen-bond acceptors (Lipinski definition) is 4. The molecule has 16 heavy (non-hydrogen) atoms. The van der Waals surface area contributed by atoms with Crippen molar-refractivity contribution in [2.75, 3.05) is 26.1 Å². The van der Waals surface area contributed by atoms with E-state index in [1.54, 1.807) is 11.8 Å². The van der Waals surface area contributed by atoms with Crippen molar-refractivity contribution in [2.24, 2.45) is 5.92 Å². The number of carbonyl (C=O) groups is 1. The fourth-order valence-corrected chi connectivity index (χ4v) is 1.98. The van der Waals surface area contributed by atoms with Crippen molar-refractivity contribution in [3.8, 4) is 0 Å². The second-order valence-electron chi connectivity index (χ2n) is 4.26. The molecule has 0 N–H and O–H groups in total. The van der Waals surface area contributed by atoms with Crippen molar-refractivity contribution in [2.45, 2.75) is 38.9 Å². The maximum atomic E-state index is 11.0. The summed E-state index contributed by atoms with van der Waals surface area (Å²) in [5, 5.41) is 0.307. The minimum Gasteiger partial charge on any atom is -0.469 e. The second-order valence-corrected chi connectivity index (χ2v) is 5.80. The van der Waals surface area contributed by atoms with Crippen LogP contribution in [-0.4, -0.2) is 37.3 Å². The van der Waals surface area contributed by atoms with Crippen molar-refractivity contribution in [3.63, 3.8) is 0 Å². The molecule has 0 spiro atoms. The molecule has 0 aromatic carbocycles. The van der Waals surface area contributed by atoms with Gasteiger partial charge in [-0.2, -0.15) is 11.8 Å². The molecule has 0 saturated heterocycles. The van der Waals surface area contributed by atoms with Gasteiger partial charge in [0.2, 0.25) is 0 Å². The van der Waals surface area contributed by atoms with Crippen LogP contribution in [-0.2, 0) is 14.3 Å². The molecule has 1 atom stereocenters. The van der Waals surface area contributed by atoms with Gasteiger partial charge in [-0.05, 0) is 12.3 Å². The molecule has 3 nitrogen and oxygen atoms in total. The first-order valence-electron chi connectivity index (χ1n) is 5.82. The molecule has 0 fully saturated rings. The lowest BCUT2D eigenvalue weighted by atomic mass is 10.1. The van der Waals surface area contributed by atoms with E-state index in [1.165, 1.54) is 7.11 Å². The monoisotopic (exact) mass is 248 g/mol. The van der Waals surface area contributed by atoms with E-state index in [1.807, 2.05) is 6.92 Å². The molecule has 96 valence electrons. The molecule has 0 aliphatic rings. The zero-order valence-corrected chi connectivity index (χ0v) is 11.6. The second kappa shape index (κ2) is 9.97. The summed E-state index contributed by atoms with van der Waals surface area (Å²) in [7, 11) is 1.43. The van der Waals surface area contributed by atoms with E-state index >= 15 is 0 Å². The summed E-state index contributed by atoms with van der Waals surface area (Å²) >= 11 is 1.75. The molecule has 0 saturated carbocycles. The molecule has 0 aliphatic heterocycles. The van der Waals surface area contributed by atoms with Crippen LogP contribution >= 0.6 is 11.8 Å². The normalized spacial score (nSPS) is 12.8. The third-order valence-electron chi connectivity index (χ3n) is 2.15. The highest BCUT2D eigenvalue weighted by molar-refractivity contribution is 7.99. The molecular weight excluding hydrogens is 224 g/mol. The average Bonchev–Trinajstić information content (AvgIpc) is 2.22. The van der Waals surface area contributed by atoms with Crippen LogP contribution in [0.25, 0.3) is 0 Å². The summed E-state index contributed by atoms with van der Waals surface area (Å²) in [5.74, 6) is 1.50. The Balaban J connectivity index is 3.27. The number of methoxy groups -OCH3 is 1. The fraction of sp³-hybridized carbons (Fsp3) is 0.917. The van der Waals surface area contributed by atoms with Gasteiger partial charge in [0, 0.05) is 17.6 Å². The number of esters is 1. The molecule has 0 aromatic rings. The molecule has 0 aromatic heterocycles. The van der Waals surface area contributed by atoms with E-state index in [2.05, 4.69) is 18.6 Å². The van der Waals surface area contributed by atoms with E-state index < -0.39 is 0 Å². The van der Waals surface area contributed by atoms with Gasteiger partial charge in [0.25, 0.3) is 0 Å². The predicted octanol–water partition coefficient (Wildman–Crippen LogP) is 2.73. The minimum atomic E-state index is -0.138. The first-order chi connectivity index (χ1) is 7.56. The number of carbonyl (C=O) groups excluding carboxylic acids is 1. The van der Waals surface area contributed by atoms with Gasteiger partial charge in [0.1, 0.15) is 0 Å². The van der Waals surface area contributed by atoms with Crippen molar-refractivity contribution in [3.05, 3.63) is 0 Å². The van der Waals surface area contributed by atoms with Crippen LogP contribution < -0.4 is 0 Å². The van der Waals surface area contributed by atoms with Gasteiger partial charge in [0.05, 0.1) is 20.1 Å². The van der Waals surface area contributed by atoms with Crippen molar-refractivity contribution in [1.82, 2.24) is 0 Å². The summed E-state index contributed by atoms with van der Waals surface area (Å²) < 4.78 is 10.1. The summed E-state index contributed by atoms with van der Waals surface area (Å²) in [5.41, 5.74) is 0. The Labute approximate surface area is 103 Å². The minimum absolute atomic E-state index is 0.138. The maximum absolute atomic E-state index is 11.0. The molecule has 0 amide bonds. The van der Waals surface area contributed by atoms with E-state index in [0.29, 0.717) is 17.6 Å². The lowest BCUT2D eigenvalue weighted by molar-refractivity contribution is -0.140. The van der Waals surface area contributed by atoms with Crippen LogP contribution in [0, 0.1) is 5.92 Å². The Bertz CT molecular complexity index is 183. The highest BCUT2D eigenvalue weighted by Crippen LogP contribution is 2.14.